The van der Waals surface area contributed by atoms with E-state index in [1.165, 1.54) is 0 Å². The Morgan fingerprint density at radius 3 is 2.82 bits per heavy atom. The lowest BCUT2D eigenvalue weighted by Crippen LogP contribution is -2.12. The van der Waals surface area contributed by atoms with Crippen LogP contribution in [0.3, 0.4) is 0 Å². The van der Waals surface area contributed by atoms with Crippen LogP contribution in [0.15, 0.2) is 6.07 Å². The van der Waals surface area contributed by atoms with Crippen molar-refractivity contribution < 1.29 is 18.3 Å². The van der Waals surface area contributed by atoms with Crippen molar-refractivity contribution in [3.63, 3.8) is 0 Å². The fourth-order valence-electron chi connectivity index (χ4n) is 1.08. The van der Waals surface area contributed by atoms with Crippen molar-refractivity contribution in [2.24, 2.45) is 0 Å². The SMILES string of the molecule is CCOC(=O)c1nc(C(F)F)cc(C#N)c1I. The fourth-order valence-corrected chi connectivity index (χ4v) is 1.69. The molecule has 0 spiro atoms. The Balaban J connectivity index is 3.33. The van der Waals surface area contributed by atoms with Gasteiger partial charge in [-0.15, -0.1) is 0 Å². The lowest BCUT2D eigenvalue weighted by Gasteiger charge is -2.07. The van der Waals surface area contributed by atoms with Crippen LogP contribution in [0.5, 0.6) is 0 Å². The number of nitriles is 1. The molecule has 0 radical (unpaired) electrons. The van der Waals surface area contributed by atoms with Crippen LogP contribution in [-0.2, 0) is 4.74 Å². The van der Waals surface area contributed by atoms with Crippen LogP contribution in [0.2, 0.25) is 0 Å². The van der Waals surface area contributed by atoms with Crippen LogP contribution in [0, 0.1) is 14.9 Å². The van der Waals surface area contributed by atoms with Gasteiger partial charge >= 0.3 is 5.97 Å². The number of ether oxygens (including phenoxy) is 1. The van der Waals surface area contributed by atoms with E-state index in [0.717, 1.165) is 6.07 Å². The summed E-state index contributed by atoms with van der Waals surface area (Å²) in [7, 11) is 0. The van der Waals surface area contributed by atoms with Crippen LogP contribution < -0.4 is 0 Å². The summed E-state index contributed by atoms with van der Waals surface area (Å²) in [5, 5.41) is 8.78. The minimum Gasteiger partial charge on any atom is -0.461 e. The molecule has 17 heavy (non-hydrogen) atoms. The first-order valence-corrected chi connectivity index (χ1v) is 5.65. The highest BCUT2D eigenvalue weighted by molar-refractivity contribution is 14.1. The molecular formula is C10H7F2IN2O2. The van der Waals surface area contributed by atoms with Crippen molar-refractivity contribution in [1.29, 1.82) is 5.26 Å². The van der Waals surface area contributed by atoms with Gasteiger partial charge in [0.2, 0.25) is 0 Å². The van der Waals surface area contributed by atoms with Crippen LogP contribution in [-0.4, -0.2) is 17.6 Å². The number of hydrogen-bond acceptors (Lipinski definition) is 4. The van der Waals surface area contributed by atoms with Crippen LogP contribution >= 0.6 is 22.6 Å². The molecule has 0 saturated heterocycles. The predicted octanol–water partition coefficient (Wildman–Crippen LogP) is 2.67. The molecule has 4 nitrogen and oxygen atoms in total. The molecule has 1 aromatic rings. The Morgan fingerprint density at radius 1 is 1.71 bits per heavy atom. The molecule has 0 fully saturated rings. The number of carbonyl (C=O) groups is 1. The number of esters is 1. The molecular weight excluding hydrogens is 345 g/mol. The second kappa shape index (κ2) is 5.86. The van der Waals surface area contributed by atoms with E-state index in [1.807, 2.05) is 0 Å². The Kier molecular flexibility index (Phi) is 4.74. The summed E-state index contributed by atoms with van der Waals surface area (Å²) in [6.07, 6.45) is -2.84. The molecule has 0 amide bonds. The number of rotatable bonds is 3. The summed E-state index contributed by atoms with van der Waals surface area (Å²) >= 11 is 1.71. The number of halogens is 3. The molecule has 0 bridgehead atoms. The molecule has 0 aromatic carbocycles. The van der Waals surface area contributed by atoms with Crippen molar-refractivity contribution in [3.8, 4) is 6.07 Å². The van der Waals surface area contributed by atoms with Crippen LogP contribution in [0.4, 0.5) is 8.78 Å². The Bertz CT molecular complexity index is 486. The summed E-state index contributed by atoms with van der Waals surface area (Å²) in [6, 6.07) is 2.71. The standard InChI is InChI=1S/C10H7F2IN2O2/c1-2-17-10(16)8-7(13)5(4-14)3-6(15-8)9(11)12/h3,9H,2H2,1H3. The first kappa shape index (κ1) is 13.8. The van der Waals surface area contributed by atoms with Gasteiger partial charge in [0.05, 0.1) is 15.7 Å². The molecule has 0 aliphatic rings. The van der Waals surface area contributed by atoms with Gasteiger partial charge in [0.1, 0.15) is 11.8 Å². The van der Waals surface area contributed by atoms with Gasteiger partial charge in [-0.1, -0.05) is 0 Å². The van der Waals surface area contributed by atoms with Gasteiger partial charge in [-0.25, -0.2) is 18.6 Å². The van der Waals surface area contributed by atoms with E-state index in [-0.39, 0.29) is 21.4 Å². The molecule has 0 aliphatic heterocycles. The molecule has 7 heteroatoms. The summed E-state index contributed by atoms with van der Waals surface area (Å²) in [5.74, 6) is -0.809. The number of alkyl halides is 2. The zero-order chi connectivity index (χ0) is 13.0. The highest BCUT2D eigenvalue weighted by Crippen LogP contribution is 2.23. The molecule has 0 N–H and O–H groups in total. The third-order valence-electron chi connectivity index (χ3n) is 1.79. The smallest absolute Gasteiger partial charge is 0.358 e. The minimum atomic E-state index is -2.84. The predicted molar refractivity (Wildman–Crippen MR) is 62.6 cm³/mol. The molecule has 0 unspecified atom stereocenters. The quantitative estimate of drug-likeness (QED) is 0.620. The van der Waals surface area contributed by atoms with E-state index in [0.29, 0.717) is 0 Å². The average molecular weight is 352 g/mol. The fraction of sp³-hybridized carbons (Fsp3) is 0.300. The molecule has 1 rings (SSSR count). The van der Waals surface area contributed by atoms with Gasteiger partial charge in [-0.3, -0.25) is 0 Å². The average Bonchev–Trinajstić information content (AvgIpc) is 2.29. The summed E-state index contributed by atoms with van der Waals surface area (Å²) < 4.78 is 29.9. The molecule has 90 valence electrons. The van der Waals surface area contributed by atoms with Crippen molar-refractivity contribution >= 4 is 28.6 Å². The molecule has 1 heterocycles. The first-order chi connectivity index (χ1) is 8.01. The van der Waals surface area contributed by atoms with Gasteiger partial charge in [0.25, 0.3) is 6.43 Å². The zero-order valence-corrected chi connectivity index (χ0v) is 10.9. The monoisotopic (exact) mass is 352 g/mol. The minimum absolute atomic E-state index is 0.0149. The summed E-state index contributed by atoms with van der Waals surface area (Å²) in [6.45, 7) is 1.70. The lowest BCUT2D eigenvalue weighted by molar-refractivity contribution is 0.0516. The zero-order valence-electron chi connectivity index (χ0n) is 8.71. The maximum Gasteiger partial charge on any atom is 0.358 e. The second-order valence-electron chi connectivity index (χ2n) is 2.89. The van der Waals surface area contributed by atoms with Crippen molar-refractivity contribution in [3.05, 3.63) is 26.6 Å². The Morgan fingerprint density at radius 2 is 2.35 bits per heavy atom. The van der Waals surface area contributed by atoms with E-state index >= 15 is 0 Å². The van der Waals surface area contributed by atoms with Crippen LogP contribution in [0.25, 0.3) is 0 Å². The maximum atomic E-state index is 12.5. The number of hydrogen-bond donors (Lipinski definition) is 0. The normalized spacial score (nSPS) is 10.1. The second-order valence-corrected chi connectivity index (χ2v) is 3.97. The van der Waals surface area contributed by atoms with Crippen molar-refractivity contribution in [2.45, 2.75) is 13.3 Å². The third kappa shape index (κ3) is 3.09. The van der Waals surface area contributed by atoms with E-state index in [9.17, 15) is 13.6 Å². The summed E-state index contributed by atoms with van der Waals surface area (Å²) in [4.78, 5) is 15.0. The number of pyridine rings is 1. The Hall–Kier alpha value is -1.30. The van der Waals surface area contributed by atoms with Gasteiger partial charge < -0.3 is 4.74 Å². The Labute approximate surface area is 110 Å². The van der Waals surface area contributed by atoms with E-state index in [1.54, 1.807) is 35.6 Å². The maximum absolute atomic E-state index is 12.5. The topological polar surface area (TPSA) is 63.0 Å². The number of nitrogens with zero attached hydrogens (tertiary/aromatic N) is 2. The first-order valence-electron chi connectivity index (χ1n) is 4.57. The van der Waals surface area contributed by atoms with Crippen molar-refractivity contribution in [1.82, 2.24) is 4.98 Å². The van der Waals surface area contributed by atoms with Crippen LogP contribution in [0.1, 0.15) is 35.1 Å². The highest BCUT2D eigenvalue weighted by Gasteiger charge is 2.21. The highest BCUT2D eigenvalue weighted by atomic mass is 127. The van der Waals surface area contributed by atoms with Gasteiger partial charge in [0.15, 0.2) is 5.69 Å². The molecule has 0 atom stereocenters. The molecule has 1 aromatic heterocycles. The van der Waals surface area contributed by atoms with E-state index < -0.39 is 18.1 Å². The van der Waals surface area contributed by atoms with Gasteiger partial charge in [-0.05, 0) is 35.6 Å². The summed E-state index contributed by atoms with van der Waals surface area (Å²) in [5.41, 5.74) is -0.870. The number of aromatic nitrogens is 1. The largest absolute Gasteiger partial charge is 0.461 e. The van der Waals surface area contributed by atoms with E-state index in [2.05, 4.69) is 9.72 Å². The number of carbonyl (C=O) groups excluding carboxylic acids is 1. The van der Waals surface area contributed by atoms with Gasteiger partial charge in [0, 0.05) is 0 Å². The lowest BCUT2D eigenvalue weighted by atomic mass is 10.2. The molecule has 0 saturated carbocycles. The molecule has 0 aliphatic carbocycles. The van der Waals surface area contributed by atoms with Crippen molar-refractivity contribution in [2.75, 3.05) is 6.61 Å². The van der Waals surface area contributed by atoms with E-state index in [4.69, 9.17) is 5.26 Å². The van der Waals surface area contributed by atoms with Gasteiger partial charge in [-0.2, -0.15) is 5.26 Å². The third-order valence-corrected chi connectivity index (χ3v) is 2.88.